The number of aromatic nitrogens is 1. The average molecular weight is 620 g/mol. The van der Waals surface area contributed by atoms with E-state index in [0.717, 1.165) is 13.8 Å². The molecule has 0 amide bonds. The van der Waals surface area contributed by atoms with Gasteiger partial charge in [-0.25, -0.2) is 4.79 Å². The van der Waals surface area contributed by atoms with Crippen molar-refractivity contribution in [1.82, 2.24) is 4.98 Å². The number of carbonyl (C=O) groups excluding carboxylic acids is 5. The van der Waals surface area contributed by atoms with E-state index in [1.165, 1.54) is 26.1 Å². The number of fused-ring (bicyclic) bond motifs is 5. The van der Waals surface area contributed by atoms with Gasteiger partial charge in [-0.3, -0.25) is 24.2 Å². The van der Waals surface area contributed by atoms with Crippen molar-refractivity contribution in [2.24, 2.45) is 17.3 Å². The summed E-state index contributed by atoms with van der Waals surface area (Å²) in [5, 5.41) is 35.7. The molecule has 240 valence electrons. The van der Waals surface area contributed by atoms with E-state index < -0.39 is 108 Å². The third kappa shape index (κ3) is 4.53. The number of Topliss-reactive ketones (excluding diaryl/α,β-unsaturated/α-hetero) is 1. The van der Waals surface area contributed by atoms with Gasteiger partial charge in [-0.05, 0) is 38.8 Å². The minimum Gasteiger partial charge on any atom is -0.465 e. The van der Waals surface area contributed by atoms with Gasteiger partial charge in [-0.2, -0.15) is 0 Å². The summed E-state index contributed by atoms with van der Waals surface area (Å²) in [5.41, 5.74) is -8.27. The van der Waals surface area contributed by atoms with Crippen LogP contribution >= 0.6 is 0 Å². The Morgan fingerprint density at radius 2 is 1.84 bits per heavy atom. The smallest absolute Gasteiger partial charge is 0.340 e. The van der Waals surface area contributed by atoms with E-state index in [9.17, 15) is 39.3 Å². The van der Waals surface area contributed by atoms with Crippen molar-refractivity contribution in [1.29, 1.82) is 0 Å². The van der Waals surface area contributed by atoms with Crippen LogP contribution in [0.4, 0.5) is 0 Å². The number of aliphatic hydroxyl groups excluding tert-OH is 2. The molecular formula is C30H37NO13. The van der Waals surface area contributed by atoms with E-state index in [1.807, 2.05) is 0 Å². The topological polar surface area (TPSA) is 205 Å². The van der Waals surface area contributed by atoms with Gasteiger partial charge in [0.05, 0.1) is 34.6 Å². The van der Waals surface area contributed by atoms with Crippen LogP contribution in [0.25, 0.3) is 0 Å². The van der Waals surface area contributed by atoms with E-state index in [4.69, 9.17) is 23.7 Å². The lowest BCUT2D eigenvalue weighted by atomic mass is 9.46. The number of ketones is 1. The quantitative estimate of drug-likeness (QED) is 0.297. The summed E-state index contributed by atoms with van der Waals surface area (Å²) in [4.78, 5) is 69.7. The zero-order valence-electron chi connectivity index (χ0n) is 25.1. The van der Waals surface area contributed by atoms with Gasteiger partial charge in [0.15, 0.2) is 11.7 Å². The van der Waals surface area contributed by atoms with Crippen LogP contribution in [-0.2, 0) is 49.3 Å². The van der Waals surface area contributed by atoms with Crippen LogP contribution in [0.2, 0.25) is 0 Å². The van der Waals surface area contributed by atoms with Gasteiger partial charge in [0.2, 0.25) is 0 Å². The molecule has 5 rings (SSSR count). The van der Waals surface area contributed by atoms with Gasteiger partial charge >= 0.3 is 23.9 Å². The van der Waals surface area contributed by atoms with Gasteiger partial charge < -0.3 is 39.0 Å². The predicted octanol–water partition coefficient (Wildman–Crippen LogP) is -0.183. The lowest BCUT2D eigenvalue weighted by molar-refractivity contribution is -0.364. The second kappa shape index (κ2) is 10.9. The maximum absolute atomic E-state index is 14.0. The van der Waals surface area contributed by atoms with Crippen LogP contribution < -0.4 is 0 Å². The van der Waals surface area contributed by atoms with Crippen molar-refractivity contribution in [2.75, 3.05) is 13.2 Å². The van der Waals surface area contributed by atoms with Crippen molar-refractivity contribution >= 4 is 29.7 Å². The standard InChI is InChI=1S/C30H37NO13/c1-14-8-9-18-17(7-6-10-31-18)26(38)41-12-27(4)20-19(34)11-29(13-40-15(2)32)22(36)21(35)24(43-25(14)37)28(5,39)30(29,44-27)23(20)42-16(3)33/h6-7,10,14,20-24,35-36,39H,8-9,11-13H2,1-5H3. The van der Waals surface area contributed by atoms with Crippen LogP contribution in [0.1, 0.15) is 63.5 Å². The van der Waals surface area contributed by atoms with Gasteiger partial charge in [-0.1, -0.05) is 6.92 Å². The molecule has 4 aliphatic rings. The summed E-state index contributed by atoms with van der Waals surface area (Å²) in [6.45, 7) is 4.97. The minimum absolute atomic E-state index is 0.120. The number of hydrogen-bond acceptors (Lipinski definition) is 14. The first-order valence-corrected chi connectivity index (χ1v) is 14.5. The first-order valence-electron chi connectivity index (χ1n) is 14.5. The number of nitrogens with zero attached hydrogens (tertiary/aromatic N) is 1. The molecule has 4 bridgehead atoms. The molecule has 3 fully saturated rings. The minimum atomic E-state index is -2.49. The largest absolute Gasteiger partial charge is 0.465 e. The Bertz CT molecular complexity index is 1390. The fourth-order valence-corrected chi connectivity index (χ4v) is 7.68. The van der Waals surface area contributed by atoms with E-state index in [-0.39, 0.29) is 18.4 Å². The van der Waals surface area contributed by atoms with E-state index in [2.05, 4.69) is 4.98 Å². The lowest BCUT2D eigenvalue weighted by Crippen LogP contribution is -2.85. The summed E-state index contributed by atoms with van der Waals surface area (Å²) >= 11 is 0. The second-order valence-electron chi connectivity index (χ2n) is 12.7. The molecule has 1 aromatic heterocycles. The number of aryl methyl sites for hydroxylation is 1. The lowest BCUT2D eigenvalue weighted by Gasteiger charge is -2.64. The molecule has 2 aliphatic carbocycles. The summed E-state index contributed by atoms with van der Waals surface area (Å²) in [6, 6.07) is 3.04. The second-order valence-corrected chi connectivity index (χ2v) is 12.7. The van der Waals surface area contributed by atoms with E-state index in [1.54, 1.807) is 13.0 Å². The monoisotopic (exact) mass is 619 g/mol. The predicted molar refractivity (Wildman–Crippen MR) is 144 cm³/mol. The van der Waals surface area contributed by atoms with Crippen LogP contribution in [0.5, 0.6) is 0 Å². The summed E-state index contributed by atoms with van der Waals surface area (Å²) in [6.07, 6.45) is -6.34. The summed E-state index contributed by atoms with van der Waals surface area (Å²) in [5.74, 6) is -6.18. The third-order valence-corrected chi connectivity index (χ3v) is 9.72. The SMILES string of the molecule is CC(=O)OCC12CC(=O)C3C(OC(C)=O)C14OC3(C)COC(=O)c1cccnc1CCC(C)C(=O)OC(C(O)C2O)C4(C)O. The molecule has 1 aromatic rings. The van der Waals surface area contributed by atoms with Gasteiger partial charge in [0.1, 0.15) is 42.4 Å². The maximum atomic E-state index is 14.0. The fraction of sp³-hybridized carbons (Fsp3) is 0.667. The maximum Gasteiger partial charge on any atom is 0.340 e. The van der Waals surface area contributed by atoms with Crippen LogP contribution in [0, 0.1) is 17.3 Å². The summed E-state index contributed by atoms with van der Waals surface area (Å²) < 4.78 is 29.1. The fourth-order valence-electron chi connectivity index (χ4n) is 7.68. The molecule has 0 radical (unpaired) electrons. The summed E-state index contributed by atoms with van der Waals surface area (Å²) in [7, 11) is 0. The molecule has 3 heterocycles. The molecule has 0 aromatic carbocycles. The Labute approximate surface area is 253 Å². The number of esters is 4. The molecule has 10 atom stereocenters. The van der Waals surface area contributed by atoms with Gasteiger partial charge in [0.25, 0.3) is 0 Å². The Morgan fingerprint density at radius 1 is 1.14 bits per heavy atom. The number of hydrogen-bond donors (Lipinski definition) is 3. The third-order valence-electron chi connectivity index (χ3n) is 9.72. The zero-order valence-corrected chi connectivity index (χ0v) is 25.1. The van der Waals surface area contributed by atoms with Crippen LogP contribution in [0.15, 0.2) is 18.3 Å². The number of ether oxygens (including phenoxy) is 5. The number of rotatable bonds is 3. The highest BCUT2D eigenvalue weighted by molar-refractivity contribution is 5.91. The molecule has 2 aliphatic heterocycles. The molecule has 2 saturated carbocycles. The molecule has 1 saturated heterocycles. The highest BCUT2D eigenvalue weighted by Gasteiger charge is 2.87. The van der Waals surface area contributed by atoms with Crippen molar-refractivity contribution in [3.63, 3.8) is 0 Å². The van der Waals surface area contributed by atoms with Gasteiger partial charge in [0, 0.05) is 26.5 Å². The number of pyridine rings is 1. The van der Waals surface area contributed by atoms with Crippen LogP contribution in [-0.4, -0.2) is 104 Å². The van der Waals surface area contributed by atoms with Crippen molar-refractivity contribution in [3.8, 4) is 0 Å². The van der Waals surface area contributed by atoms with Gasteiger partial charge in [-0.15, -0.1) is 0 Å². The van der Waals surface area contributed by atoms with Crippen molar-refractivity contribution < 1.29 is 63.0 Å². The Balaban J connectivity index is 1.76. The Hall–Kier alpha value is -3.46. The highest BCUT2D eigenvalue weighted by Crippen LogP contribution is 2.67. The molecular weight excluding hydrogens is 582 g/mol. The molecule has 44 heavy (non-hydrogen) atoms. The first-order chi connectivity index (χ1) is 20.5. The van der Waals surface area contributed by atoms with Crippen molar-refractivity contribution in [3.05, 3.63) is 29.6 Å². The number of carbonyl (C=O) groups is 5. The van der Waals surface area contributed by atoms with E-state index >= 15 is 0 Å². The molecule has 10 unspecified atom stereocenters. The highest BCUT2D eigenvalue weighted by atomic mass is 16.6. The number of aliphatic hydroxyl groups is 3. The Kier molecular flexibility index (Phi) is 7.89. The Morgan fingerprint density at radius 3 is 2.50 bits per heavy atom. The number of cyclic esters (lactones) is 1. The zero-order chi connectivity index (χ0) is 32.4. The van der Waals surface area contributed by atoms with Crippen molar-refractivity contribution in [2.45, 2.75) is 95.1 Å². The molecule has 1 spiro atoms. The molecule has 14 heteroatoms. The molecule has 3 N–H and O–H groups in total. The first kappa shape index (κ1) is 31.9. The van der Waals surface area contributed by atoms with Crippen LogP contribution in [0.3, 0.4) is 0 Å². The van der Waals surface area contributed by atoms with E-state index in [0.29, 0.717) is 5.69 Å². The normalized spacial score (nSPS) is 41.9. The molecule has 14 nitrogen and oxygen atoms in total. The average Bonchev–Trinajstić information content (AvgIpc) is 3.17.